The zero-order valence-corrected chi connectivity index (χ0v) is 11.5. The average Bonchev–Trinajstić information content (AvgIpc) is 2.64. The van der Waals surface area contributed by atoms with Crippen LogP contribution in [0.5, 0.6) is 5.88 Å². The summed E-state index contributed by atoms with van der Waals surface area (Å²) in [6.07, 6.45) is 7.34. The molecule has 1 saturated carbocycles. The Morgan fingerprint density at radius 2 is 2.16 bits per heavy atom. The zero-order chi connectivity index (χ0) is 13.5. The molecule has 1 heterocycles. The molecule has 5 heteroatoms. The SMILES string of the molecule is CCOc1cc(NC2CCCCCC2CO)ncn1. The molecule has 0 amide bonds. The molecule has 2 unspecified atom stereocenters. The number of aliphatic hydroxyl groups excluding tert-OH is 1. The van der Waals surface area contributed by atoms with Crippen LogP contribution in [0.3, 0.4) is 0 Å². The van der Waals surface area contributed by atoms with E-state index in [9.17, 15) is 5.11 Å². The number of hydrogen-bond donors (Lipinski definition) is 2. The summed E-state index contributed by atoms with van der Waals surface area (Å²) in [6, 6.07) is 2.11. The predicted octanol–water partition coefficient (Wildman–Crippen LogP) is 2.23. The molecule has 0 saturated heterocycles. The molecule has 5 nitrogen and oxygen atoms in total. The Labute approximate surface area is 114 Å². The van der Waals surface area contributed by atoms with Gasteiger partial charge in [-0.2, -0.15) is 0 Å². The molecule has 1 aromatic rings. The molecule has 1 aromatic heterocycles. The highest BCUT2D eigenvalue weighted by Crippen LogP contribution is 2.26. The van der Waals surface area contributed by atoms with Crippen LogP contribution in [0, 0.1) is 5.92 Å². The van der Waals surface area contributed by atoms with Crippen molar-refractivity contribution in [3.63, 3.8) is 0 Å². The van der Waals surface area contributed by atoms with Crippen molar-refractivity contribution in [3.8, 4) is 5.88 Å². The number of nitrogens with one attached hydrogen (secondary N) is 1. The van der Waals surface area contributed by atoms with Crippen LogP contribution in [0.25, 0.3) is 0 Å². The second-order valence-corrected chi connectivity index (χ2v) is 5.01. The number of aliphatic hydroxyl groups is 1. The minimum atomic E-state index is 0.237. The normalized spacial score (nSPS) is 23.7. The van der Waals surface area contributed by atoms with Crippen LogP contribution in [0.2, 0.25) is 0 Å². The van der Waals surface area contributed by atoms with E-state index in [-0.39, 0.29) is 12.6 Å². The number of rotatable bonds is 5. The largest absolute Gasteiger partial charge is 0.478 e. The quantitative estimate of drug-likeness (QED) is 0.799. The van der Waals surface area contributed by atoms with E-state index in [4.69, 9.17) is 4.74 Å². The van der Waals surface area contributed by atoms with Gasteiger partial charge < -0.3 is 15.2 Å². The molecule has 2 rings (SSSR count). The number of nitrogens with zero attached hydrogens (tertiary/aromatic N) is 2. The first-order valence-electron chi connectivity index (χ1n) is 7.15. The monoisotopic (exact) mass is 265 g/mol. The summed E-state index contributed by atoms with van der Waals surface area (Å²) >= 11 is 0. The molecule has 1 aliphatic carbocycles. The van der Waals surface area contributed by atoms with Crippen molar-refractivity contribution in [2.45, 2.75) is 45.1 Å². The highest BCUT2D eigenvalue weighted by Gasteiger charge is 2.23. The van der Waals surface area contributed by atoms with Gasteiger partial charge in [-0.3, -0.25) is 0 Å². The van der Waals surface area contributed by atoms with Crippen molar-refractivity contribution in [2.75, 3.05) is 18.5 Å². The third-order valence-corrected chi connectivity index (χ3v) is 3.66. The Morgan fingerprint density at radius 1 is 1.32 bits per heavy atom. The van der Waals surface area contributed by atoms with Gasteiger partial charge in [0.2, 0.25) is 5.88 Å². The van der Waals surface area contributed by atoms with Crippen LogP contribution in [0.4, 0.5) is 5.82 Å². The smallest absolute Gasteiger partial charge is 0.218 e. The van der Waals surface area contributed by atoms with E-state index in [0.717, 1.165) is 18.7 Å². The first kappa shape index (κ1) is 14.1. The first-order valence-corrected chi connectivity index (χ1v) is 7.15. The van der Waals surface area contributed by atoms with Gasteiger partial charge in [0, 0.05) is 24.6 Å². The van der Waals surface area contributed by atoms with E-state index in [0.29, 0.717) is 18.4 Å². The van der Waals surface area contributed by atoms with Gasteiger partial charge in [-0.15, -0.1) is 0 Å². The van der Waals surface area contributed by atoms with Crippen LogP contribution < -0.4 is 10.1 Å². The van der Waals surface area contributed by atoms with Gasteiger partial charge in [0.1, 0.15) is 12.1 Å². The Bertz CT molecular complexity index is 387. The van der Waals surface area contributed by atoms with Crippen molar-refractivity contribution < 1.29 is 9.84 Å². The van der Waals surface area contributed by atoms with Crippen LogP contribution in [-0.4, -0.2) is 34.3 Å². The first-order chi connectivity index (χ1) is 9.33. The molecule has 1 aliphatic rings. The number of anilines is 1. The predicted molar refractivity (Wildman–Crippen MR) is 74.3 cm³/mol. The van der Waals surface area contributed by atoms with E-state index in [1.807, 2.05) is 13.0 Å². The number of aromatic nitrogens is 2. The van der Waals surface area contributed by atoms with Crippen LogP contribution in [-0.2, 0) is 0 Å². The Hall–Kier alpha value is -1.36. The maximum atomic E-state index is 9.51. The molecule has 0 aromatic carbocycles. The minimum absolute atomic E-state index is 0.237. The molecule has 2 N–H and O–H groups in total. The van der Waals surface area contributed by atoms with E-state index >= 15 is 0 Å². The second-order valence-electron chi connectivity index (χ2n) is 5.01. The van der Waals surface area contributed by atoms with Gasteiger partial charge in [-0.25, -0.2) is 9.97 Å². The third kappa shape index (κ3) is 4.06. The molecular weight excluding hydrogens is 242 g/mol. The van der Waals surface area contributed by atoms with Crippen molar-refractivity contribution in [3.05, 3.63) is 12.4 Å². The van der Waals surface area contributed by atoms with Gasteiger partial charge in [-0.05, 0) is 19.8 Å². The van der Waals surface area contributed by atoms with Crippen molar-refractivity contribution in [2.24, 2.45) is 5.92 Å². The summed E-state index contributed by atoms with van der Waals surface area (Å²) in [5.74, 6) is 1.69. The molecule has 0 spiro atoms. The van der Waals surface area contributed by atoms with Gasteiger partial charge in [0.15, 0.2) is 0 Å². The molecule has 19 heavy (non-hydrogen) atoms. The summed E-state index contributed by atoms with van der Waals surface area (Å²) in [5.41, 5.74) is 0. The average molecular weight is 265 g/mol. The highest BCUT2D eigenvalue weighted by molar-refractivity contribution is 5.38. The lowest BCUT2D eigenvalue weighted by atomic mass is 9.96. The zero-order valence-electron chi connectivity index (χ0n) is 11.5. The minimum Gasteiger partial charge on any atom is -0.478 e. The summed E-state index contributed by atoms with van der Waals surface area (Å²) < 4.78 is 5.37. The van der Waals surface area contributed by atoms with E-state index < -0.39 is 0 Å². The van der Waals surface area contributed by atoms with Crippen molar-refractivity contribution in [1.82, 2.24) is 9.97 Å². The fourth-order valence-electron chi connectivity index (χ4n) is 2.63. The summed E-state index contributed by atoms with van der Waals surface area (Å²) in [7, 11) is 0. The topological polar surface area (TPSA) is 67.3 Å². The van der Waals surface area contributed by atoms with Gasteiger partial charge in [0.05, 0.1) is 6.61 Å². The molecule has 0 radical (unpaired) electrons. The van der Waals surface area contributed by atoms with Crippen molar-refractivity contribution >= 4 is 5.82 Å². The standard InChI is InChI=1S/C14H23N3O2/c1-2-19-14-8-13(15-10-16-14)17-12-7-5-3-4-6-11(12)9-18/h8,10-12,18H,2-7,9H2,1H3,(H,15,16,17). The van der Waals surface area contributed by atoms with E-state index in [1.165, 1.54) is 25.6 Å². The lowest BCUT2D eigenvalue weighted by molar-refractivity contribution is 0.203. The Kier molecular flexibility index (Phi) is 5.39. The fourth-order valence-corrected chi connectivity index (χ4v) is 2.63. The summed E-state index contributed by atoms with van der Waals surface area (Å²) in [6.45, 7) is 2.77. The van der Waals surface area contributed by atoms with Crippen LogP contribution in [0.15, 0.2) is 12.4 Å². The molecule has 2 atom stereocenters. The van der Waals surface area contributed by atoms with Crippen LogP contribution >= 0.6 is 0 Å². The van der Waals surface area contributed by atoms with Gasteiger partial charge >= 0.3 is 0 Å². The summed E-state index contributed by atoms with van der Waals surface area (Å²) in [4.78, 5) is 8.29. The number of hydrogen-bond acceptors (Lipinski definition) is 5. The fraction of sp³-hybridized carbons (Fsp3) is 0.714. The molecule has 1 fully saturated rings. The molecule has 0 aliphatic heterocycles. The Morgan fingerprint density at radius 3 is 2.95 bits per heavy atom. The number of ether oxygens (including phenoxy) is 1. The lowest BCUT2D eigenvalue weighted by Gasteiger charge is -2.25. The van der Waals surface area contributed by atoms with E-state index in [2.05, 4.69) is 15.3 Å². The van der Waals surface area contributed by atoms with Gasteiger partial charge in [0.25, 0.3) is 0 Å². The van der Waals surface area contributed by atoms with E-state index in [1.54, 1.807) is 0 Å². The molecular formula is C14H23N3O2. The highest BCUT2D eigenvalue weighted by atomic mass is 16.5. The maximum Gasteiger partial charge on any atom is 0.218 e. The van der Waals surface area contributed by atoms with Crippen molar-refractivity contribution in [1.29, 1.82) is 0 Å². The maximum absolute atomic E-state index is 9.51. The summed E-state index contributed by atoms with van der Waals surface area (Å²) in [5, 5.41) is 12.9. The van der Waals surface area contributed by atoms with Gasteiger partial charge in [-0.1, -0.05) is 19.3 Å². The lowest BCUT2D eigenvalue weighted by Crippen LogP contribution is -2.31. The molecule has 0 bridgehead atoms. The molecule has 106 valence electrons. The third-order valence-electron chi connectivity index (χ3n) is 3.66. The Balaban J connectivity index is 2.03. The van der Waals surface area contributed by atoms with Crippen LogP contribution in [0.1, 0.15) is 39.0 Å². The second kappa shape index (κ2) is 7.28.